The summed E-state index contributed by atoms with van der Waals surface area (Å²) in [4.78, 5) is 37.9. The van der Waals surface area contributed by atoms with Gasteiger partial charge in [-0.25, -0.2) is 9.59 Å². The summed E-state index contributed by atoms with van der Waals surface area (Å²) >= 11 is 0. The van der Waals surface area contributed by atoms with Crippen molar-refractivity contribution in [3.8, 4) is 0 Å². The van der Waals surface area contributed by atoms with Gasteiger partial charge < -0.3 is 20.4 Å². The third-order valence-corrected chi connectivity index (χ3v) is 5.75. The number of urea groups is 2. The van der Waals surface area contributed by atoms with Crippen LogP contribution < -0.4 is 10.6 Å². The molecule has 0 radical (unpaired) electrons. The van der Waals surface area contributed by atoms with Gasteiger partial charge in [0.05, 0.1) is 34.8 Å². The number of anilines is 2. The zero-order valence-corrected chi connectivity index (χ0v) is 18.1. The van der Waals surface area contributed by atoms with E-state index in [2.05, 4.69) is 20.6 Å². The van der Waals surface area contributed by atoms with E-state index in [0.29, 0.717) is 44.0 Å². The second-order valence-electron chi connectivity index (χ2n) is 8.02. The number of nitrogens with one attached hydrogen (secondary N) is 2. The maximum atomic E-state index is 12.8. The van der Waals surface area contributed by atoms with E-state index in [1.807, 2.05) is 60.7 Å². The van der Waals surface area contributed by atoms with Crippen LogP contribution in [0.15, 0.2) is 73.1 Å². The predicted octanol–water partition coefficient (Wildman–Crippen LogP) is 4.55. The summed E-state index contributed by atoms with van der Waals surface area (Å²) < 4.78 is 0. The first-order valence-corrected chi connectivity index (χ1v) is 11.0. The fourth-order valence-electron chi connectivity index (χ4n) is 4.01. The Hall–Kier alpha value is -4.20. The molecule has 1 aliphatic rings. The molecule has 1 fully saturated rings. The lowest BCUT2D eigenvalue weighted by atomic mass is 10.2. The number of rotatable bonds is 2. The Morgan fingerprint density at radius 3 is 1.61 bits per heavy atom. The summed E-state index contributed by atoms with van der Waals surface area (Å²) in [6, 6.07) is 19.0. The summed E-state index contributed by atoms with van der Waals surface area (Å²) in [5.74, 6) is 0. The molecule has 0 atom stereocenters. The molecule has 8 nitrogen and oxygen atoms in total. The minimum Gasteiger partial charge on any atom is -0.323 e. The summed E-state index contributed by atoms with van der Waals surface area (Å²) in [5.41, 5.74) is 3.07. The van der Waals surface area contributed by atoms with Gasteiger partial charge in [-0.15, -0.1) is 0 Å². The molecular weight excluding hydrogens is 416 g/mol. The molecule has 2 aromatic carbocycles. The van der Waals surface area contributed by atoms with Crippen molar-refractivity contribution in [2.45, 2.75) is 6.42 Å². The Morgan fingerprint density at radius 2 is 1.12 bits per heavy atom. The smallest absolute Gasteiger partial charge is 0.321 e. The highest BCUT2D eigenvalue weighted by molar-refractivity contribution is 5.93. The van der Waals surface area contributed by atoms with E-state index in [9.17, 15) is 9.59 Å². The summed E-state index contributed by atoms with van der Waals surface area (Å²) in [6.45, 7) is 2.06. The van der Waals surface area contributed by atoms with Gasteiger partial charge in [-0.2, -0.15) is 0 Å². The van der Waals surface area contributed by atoms with Crippen molar-refractivity contribution in [3.63, 3.8) is 0 Å². The van der Waals surface area contributed by atoms with Gasteiger partial charge in [0.1, 0.15) is 0 Å². The number of benzene rings is 2. The van der Waals surface area contributed by atoms with E-state index in [0.717, 1.165) is 21.8 Å². The van der Waals surface area contributed by atoms with Crippen molar-refractivity contribution in [2.24, 2.45) is 0 Å². The quantitative estimate of drug-likeness (QED) is 0.478. The molecule has 0 unspecified atom stereocenters. The summed E-state index contributed by atoms with van der Waals surface area (Å²) in [7, 11) is 0. The Bertz CT molecular complexity index is 1220. The second-order valence-corrected chi connectivity index (χ2v) is 8.02. The Balaban J connectivity index is 1.19. The third-order valence-electron chi connectivity index (χ3n) is 5.75. The topological polar surface area (TPSA) is 90.5 Å². The van der Waals surface area contributed by atoms with Gasteiger partial charge in [0.25, 0.3) is 0 Å². The highest BCUT2D eigenvalue weighted by atomic mass is 16.2. The number of hydrogen-bond donors (Lipinski definition) is 2. The molecular formula is C25H24N6O2. The minimum atomic E-state index is -0.187. The lowest BCUT2D eigenvalue weighted by Crippen LogP contribution is -2.40. The summed E-state index contributed by atoms with van der Waals surface area (Å²) in [5, 5.41) is 7.80. The SMILES string of the molecule is O=C(Nc1cnc2ccccc2c1)N1CCCN(C(=O)Nc2cnc3ccccc3c2)CC1. The van der Waals surface area contributed by atoms with Crippen molar-refractivity contribution < 1.29 is 9.59 Å². The van der Waals surface area contributed by atoms with Crippen LogP contribution in [0.3, 0.4) is 0 Å². The molecule has 4 aromatic rings. The number of pyridine rings is 2. The number of hydrogen-bond acceptors (Lipinski definition) is 4. The van der Waals surface area contributed by atoms with Crippen LogP contribution in [0.5, 0.6) is 0 Å². The highest BCUT2D eigenvalue weighted by Gasteiger charge is 2.22. The number of nitrogens with zero attached hydrogens (tertiary/aromatic N) is 4. The third kappa shape index (κ3) is 4.69. The first-order chi connectivity index (χ1) is 16.2. The van der Waals surface area contributed by atoms with Gasteiger partial charge >= 0.3 is 12.1 Å². The van der Waals surface area contributed by atoms with Crippen LogP contribution in [0.2, 0.25) is 0 Å². The zero-order chi connectivity index (χ0) is 22.6. The van der Waals surface area contributed by atoms with Crippen LogP contribution in [0.1, 0.15) is 6.42 Å². The van der Waals surface area contributed by atoms with Crippen molar-refractivity contribution in [1.82, 2.24) is 19.8 Å². The monoisotopic (exact) mass is 440 g/mol. The van der Waals surface area contributed by atoms with Gasteiger partial charge in [-0.3, -0.25) is 9.97 Å². The van der Waals surface area contributed by atoms with Crippen LogP contribution in [0, 0.1) is 0 Å². The van der Waals surface area contributed by atoms with Gasteiger partial charge in [-0.05, 0) is 30.7 Å². The lowest BCUT2D eigenvalue weighted by molar-refractivity contribution is 0.205. The lowest BCUT2D eigenvalue weighted by Gasteiger charge is -2.22. The predicted molar refractivity (Wildman–Crippen MR) is 129 cm³/mol. The number of amides is 4. The first kappa shape index (κ1) is 20.7. The van der Waals surface area contributed by atoms with Gasteiger partial charge in [-0.1, -0.05) is 36.4 Å². The van der Waals surface area contributed by atoms with E-state index in [4.69, 9.17) is 0 Å². The van der Waals surface area contributed by atoms with Gasteiger partial charge in [0, 0.05) is 37.0 Å². The first-order valence-electron chi connectivity index (χ1n) is 11.0. The van der Waals surface area contributed by atoms with Gasteiger partial charge in [0.15, 0.2) is 0 Å². The number of carbonyl (C=O) groups excluding carboxylic acids is 2. The Labute approximate surface area is 191 Å². The molecule has 0 spiro atoms. The van der Waals surface area contributed by atoms with E-state index in [1.54, 1.807) is 22.2 Å². The molecule has 2 aromatic heterocycles. The Kier molecular flexibility index (Phi) is 5.72. The van der Waals surface area contributed by atoms with Crippen LogP contribution in [0.25, 0.3) is 21.8 Å². The molecule has 0 aliphatic carbocycles. The number of carbonyl (C=O) groups is 2. The molecule has 2 N–H and O–H groups in total. The van der Waals surface area contributed by atoms with Crippen molar-refractivity contribution >= 4 is 45.2 Å². The summed E-state index contributed by atoms with van der Waals surface area (Å²) in [6.07, 6.45) is 4.03. The molecule has 0 bridgehead atoms. The minimum absolute atomic E-state index is 0.187. The highest BCUT2D eigenvalue weighted by Crippen LogP contribution is 2.18. The van der Waals surface area contributed by atoms with E-state index in [-0.39, 0.29) is 12.1 Å². The maximum absolute atomic E-state index is 12.8. The normalized spacial score (nSPS) is 14.2. The second kappa shape index (κ2) is 9.12. The molecule has 1 saturated heterocycles. The molecule has 8 heteroatoms. The molecule has 5 rings (SSSR count). The molecule has 166 valence electrons. The maximum Gasteiger partial charge on any atom is 0.321 e. The Morgan fingerprint density at radius 1 is 0.667 bits per heavy atom. The number of fused-ring (bicyclic) bond motifs is 2. The standard InChI is InChI=1S/C25H24N6O2/c32-24(28-20-14-18-6-1-3-8-22(18)26-16-20)30-10-5-11-31(13-12-30)25(33)29-21-15-19-7-2-4-9-23(19)27-17-21/h1-4,6-9,14-17H,5,10-13H2,(H,28,32)(H,29,33). The van der Waals surface area contributed by atoms with E-state index in [1.165, 1.54) is 0 Å². The molecule has 0 saturated carbocycles. The molecule has 3 heterocycles. The number of aromatic nitrogens is 2. The van der Waals surface area contributed by atoms with Crippen LogP contribution in [0.4, 0.5) is 21.0 Å². The van der Waals surface area contributed by atoms with Crippen LogP contribution in [-0.4, -0.2) is 58.0 Å². The van der Waals surface area contributed by atoms with Gasteiger partial charge in [0.2, 0.25) is 0 Å². The van der Waals surface area contributed by atoms with E-state index >= 15 is 0 Å². The van der Waals surface area contributed by atoms with Crippen molar-refractivity contribution in [1.29, 1.82) is 0 Å². The number of para-hydroxylation sites is 2. The van der Waals surface area contributed by atoms with Crippen LogP contribution >= 0.6 is 0 Å². The average molecular weight is 441 g/mol. The zero-order valence-electron chi connectivity index (χ0n) is 18.1. The molecule has 1 aliphatic heterocycles. The molecule has 33 heavy (non-hydrogen) atoms. The fourth-order valence-corrected chi connectivity index (χ4v) is 4.01. The molecule has 4 amide bonds. The largest absolute Gasteiger partial charge is 0.323 e. The van der Waals surface area contributed by atoms with Crippen molar-refractivity contribution in [2.75, 3.05) is 36.8 Å². The van der Waals surface area contributed by atoms with Crippen molar-refractivity contribution in [3.05, 3.63) is 73.1 Å². The fraction of sp³-hybridized carbons (Fsp3) is 0.200. The average Bonchev–Trinajstić information content (AvgIpc) is 3.10. The van der Waals surface area contributed by atoms with E-state index < -0.39 is 0 Å². The van der Waals surface area contributed by atoms with Crippen LogP contribution in [-0.2, 0) is 0 Å².